The van der Waals surface area contributed by atoms with Crippen molar-refractivity contribution in [3.63, 3.8) is 0 Å². The van der Waals surface area contributed by atoms with E-state index in [-0.39, 0.29) is 11.1 Å². The molecular weight excluding hydrogens is 386 g/mol. The highest BCUT2D eigenvalue weighted by molar-refractivity contribution is 7.71. The van der Waals surface area contributed by atoms with E-state index in [1.165, 1.54) is 22.5 Å². The van der Waals surface area contributed by atoms with Gasteiger partial charge in [0.1, 0.15) is 0 Å². The van der Waals surface area contributed by atoms with Crippen LogP contribution in [0.15, 0.2) is 59.7 Å². The molecule has 0 saturated heterocycles. The molecule has 0 spiro atoms. The number of hydrogen-bond donors (Lipinski definition) is 1. The van der Waals surface area contributed by atoms with E-state index in [2.05, 4.69) is 48.2 Å². The van der Waals surface area contributed by atoms with Crippen LogP contribution in [-0.2, 0) is 5.41 Å². The smallest absolute Gasteiger partial charge is 0.258 e. The Balaban J connectivity index is 1.86. The summed E-state index contributed by atoms with van der Waals surface area (Å²) in [6, 6.07) is 14.6. The molecule has 0 unspecified atom stereocenters. The average molecular weight is 407 g/mol. The van der Waals surface area contributed by atoms with Gasteiger partial charge in [-0.3, -0.25) is 10.1 Å². The van der Waals surface area contributed by atoms with Crippen LogP contribution in [-0.4, -0.2) is 26.0 Å². The van der Waals surface area contributed by atoms with Crippen molar-refractivity contribution in [2.75, 3.05) is 0 Å². The van der Waals surface area contributed by atoms with E-state index in [4.69, 9.17) is 12.2 Å². The quantitative estimate of drug-likeness (QED) is 0.267. The van der Waals surface area contributed by atoms with Crippen LogP contribution in [0.1, 0.15) is 31.9 Å². The average Bonchev–Trinajstić information content (AvgIpc) is 3.05. The SMILES string of the molecule is CC(C)(C)c1ccc(-c2n[nH]c(=S)n2/N=C/C=C\c2ccccc2[N+](=O)[O-])cc1. The molecule has 1 heterocycles. The van der Waals surface area contributed by atoms with E-state index in [0.717, 1.165) is 5.56 Å². The van der Waals surface area contributed by atoms with Crippen LogP contribution in [0.4, 0.5) is 5.69 Å². The van der Waals surface area contributed by atoms with E-state index in [0.29, 0.717) is 16.2 Å². The minimum atomic E-state index is -0.414. The number of hydrogen-bond acceptors (Lipinski definition) is 5. The summed E-state index contributed by atoms with van der Waals surface area (Å²) in [5, 5.41) is 22.4. The lowest BCUT2D eigenvalue weighted by Crippen LogP contribution is -2.10. The molecule has 3 aromatic rings. The fourth-order valence-electron chi connectivity index (χ4n) is 2.75. The van der Waals surface area contributed by atoms with Crippen LogP contribution in [0.3, 0.4) is 0 Å². The van der Waals surface area contributed by atoms with Crippen molar-refractivity contribution >= 4 is 30.2 Å². The Hall–Kier alpha value is -3.39. The maximum absolute atomic E-state index is 11.1. The van der Waals surface area contributed by atoms with E-state index < -0.39 is 4.92 Å². The second-order valence-corrected chi connectivity index (χ2v) is 7.82. The number of allylic oxidation sites excluding steroid dienone is 1. The zero-order chi connectivity index (χ0) is 21.0. The third-order valence-corrected chi connectivity index (χ3v) is 4.60. The maximum Gasteiger partial charge on any atom is 0.276 e. The van der Waals surface area contributed by atoms with Gasteiger partial charge in [0, 0.05) is 17.8 Å². The summed E-state index contributed by atoms with van der Waals surface area (Å²) >= 11 is 5.27. The van der Waals surface area contributed by atoms with Crippen molar-refractivity contribution in [1.82, 2.24) is 14.9 Å². The summed E-state index contributed by atoms with van der Waals surface area (Å²) in [5.41, 5.74) is 2.70. The van der Waals surface area contributed by atoms with Crippen molar-refractivity contribution < 1.29 is 4.92 Å². The van der Waals surface area contributed by atoms with Gasteiger partial charge in [-0.05, 0) is 41.4 Å². The molecule has 3 rings (SSSR count). The van der Waals surface area contributed by atoms with E-state index in [9.17, 15) is 10.1 Å². The Bertz CT molecular complexity index is 1130. The molecule has 0 radical (unpaired) electrons. The van der Waals surface area contributed by atoms with Crippen molar-refractivity contribution in [3.8, 4) is 11.4 Å². The molecule has 2 aromatic carbocycles. The lowest BCUT2D eigenvalue weighted by atomic mass is 9.87. The van der Waals surface area contributed by atoms with Gasteiger partial charge in [-0.2, -0.15) is 14.9 Å². The van der Waals surface area contributed by atoms with Crippen LogP contribution in [0.2, 0.25) is 0 Å². The van der Waals surface area contributed by atoms with Crippen LogP contribution in [0.5, 0.6) is 0 Å². The summed E-state index contributed by atoms with van der Waals surface area (Å²) in [5.74, 6) is 0.589. The lowest BCUT2D eigenvalue weighted by Gasteiger charge is -2.18. The predicted molar refractivity (Wildman–Crippen MR) is 118 cm³/mol. The molecule has 29 heavy (non-hydrogen) atoms. The zero-order valence-electron chi connectivity index (χ0n) is 16.4. The molecule has 8 heteroatoms. The first kappa shape index (κ1) is 20.3. The second kappa shape index (κ2) is 8.32. The number of H-pyrrole nitrogens is 1. The molecule has 0 atom stereocenters. The second-order valence-electron chi connectivity index (χ2n) is 7.43. The molecular formula is C21H21N5O2S. The van der Waals surface area contributed by atoms with Crippen molar-refractivity contribution in [2.45, 2.75) is 26.2 Å². The number of aromatic amines is 1. The first-order valence-electron chi connectivity index (χ1n) is 9.00. The Morgan fingerprint density at radius 2 is 1.86 bits per heavy atom. The maximum atomic E-state index is 11.1. The first-order chi connectivity index (χ1) is 13.8. The number of nitrogens with one attached hydrogen (secondary N) is 1. The highest BCUT2D eigenvalue weighted by atomic mass is 32.1. The van der Waals surface area contributed by atoms with Crippen LogP contribution in [0.25, 0.3) is 17.5 Å². The highest BCUT2D eigenvalue weighted by Gasteiger charge is 2.14. The Kier molecular flexibility index (Phi) is 5.84. The summed E-state index contributed by atoms with van der Waals surface area (Å²) in [4.78, 5) is 10.7. The number of nitrogens with zero attached hydrogens (tertiary/aromatic N) is 4. The topological polar surface area (TPSA) is 89.1 Å². The summed E-state index contributed by atoms with van der Waals surface area (Å²) in [6.07, 6.45) is 4.78. The third-order valence-electron chi connectivity index (χ3n) is 4.34. The van der Waals surface area contributed by atoms with Gasteiger partial charge in [-0.15, -0.1) is 0 Å². The molecule has 7 nitrogen and oxygen atoms in total. The third kappa shape index (κ3) is 4.72. The van der Waals surface area contributed by atoms with Gasteiger partial charge in [0.05, 0.1) is 10.5 Å². The Morgan fingerprint density at radius 1 is 1.17 bits per heavy atom. The number of aromatic nitrogens is 3. The minimum absolute atomic E-state index is 0.0386. The summed E-state index contributed by atoms with van der Waals surface area (Å²) < 4.78 is 1.88. The molecule has 0 amide bonds. The highest BCUT2D eigenvalue weighted by Crippen LogP contribution is 2.25. The molecule has 0 saturated carbocycles. The van der Waals surface area contributed by atoms with Gasteiger partial charge >= 0.3 is 0 Å². The van der Waals surface area contributed by atoms with Gasteiger partial charge in [0.2, 0.25) is 4.77 Å². The molecule has 1 aromatic heterocycles. The Morgan fingerprint density at radius 3 is 2.52 bits per heavy atom. The van der Waals surface area contributed by atoms with Crippen LogP contribution >= 0.6 is 12.2 Å². The molecule has 148 valence electrons. The Labute approximate surface area is 173 Å². The minimum Gasteiger partial charge on any atom is -0.258 e. The van der Waals surface area contributed by atoms with Crippen molar-refractivity contribution in [1.29, 1.82) is 0 Å². The van der Waals surface area contributed by atoms with Crippen LogP contribution < -0.4 is 0 Å². The van der Waals surface area contributed by atoms with Gasteiger partial charge in [0.15, 0.2) is 5.82 Å². The number of benzene rings is 2. The summed E-state index contributed by atoms with van der Waals surface area (Å²) in [6.45, 7) is 6.48. The molecule has 1 N–H and O–H groups in total. The number of rotatable bonds is 5. The molecule has 0 bridgehead atoms. The van der Waals surface area contributed by atoms with Gasteiger partial charge in [-0.1, -0.05) is 57.2 Å². The molecule has 0 aliphatic heterocycles. The number of nitro groups is 1. The van der Waals surface area contributed by atoms with Gasteiger partial charge < -0.3 is 0 Å². The first-order valence-corrected chi connectivity index (χ1v) is 9.41. The fraction of sp³-hybridized carbons (Fsp3) is 0.190. The largest absolute Gasteiger partial charge is 0.276 e. The monoisotopic (exact) mass is 407 g/mol. The molecule has 0 aliphatic rings. The number of para-hydroxylation sites is 1. The summed E-state index contributed by atoms with van der Waals surface area (Å²) in [7, 11) is 0. The van der Waals surface area contributed by atoms with E-state index in [1.54, 1.807) is 30.4 Å². The van der Waals surface area contributed by atoms with E-state index in [1.807, 2.05) is 12.1 Å². The lowest BCUT2D eigenvalue weighted by molar-refractivity contribution is -0.385. The van der Waals surface area contributed by atoms with E-state index >= 15 is 0 Å². The van der Waals surface area contributed by atoms with Gasteiger partial charge in [-0.25, -0.2) is 5.10 Å². The molecule has 0 fully saturated rings. The normalized spacial score (nSPS) is 12.1. The fourth-order valence-corrected chi connectivity index (χ4v) is 2.93. The van der Waals surface area contributed by atoms with Crippen molar-refractivity contribution in [3.05, 3.63) is 80.6 Å². The number of nitro benzene ring substituents is 1. The standard InChI is InChI=1S/C21H21N5O2S/c1-21(2,3)17-12-10-16(11-13-17)19-23-24-20(29)25(19)22-14-6-8-15-7-4-5-9-18(15)26(27)28/h4-14H,1-3H3,(H,24,29)/b8-6-,22-14+. The molecule has 0 aliphatic carbocycles. The van der Waals surface area contributed by atoms with Crippen LogP contribution in [0, 0.1) is 14.9 Å². The van der Waals surface area contributed by atoms with Crippen molar-refractivity contribution in [2.24, 2.45) is 5.10 Å². The predicted octanol–water partition coefficient (Wildman–Crippen LogP) is 5.36. The zero-order valence-corrected chi connectivity index (χ0v) is 17.2. The van der Waals surface area contributed by atoms with Gasteiger partial charge in [0.25, 0.3) is 5.69 Å².